The van der Waals surface area contributed by atoms with E-state index in [0.717, 1.165) is 5.56 Å². The normalized spacial score (nSPS) is 19.5. The number of carbonyl (C=O) groups excluding carboxylic acids is 4. The van der Waals surface area contributed by atoms with E-state index in [9.17, 15) is 19.2 Å². The molecule has 9 nitrogen and oxygen atoms in total. The van der Waals surface area contributed by atoms with Gasteiger partial charge in [-0.05, 0) is 46.1 Å². The Morgan fingerprint density at radius 3 is 2.48 bits per heavy atom. The standard InChI is InChI=1S/C22H31N3O6/c1-21(2,3)31-20(29)24-16(13-17(26)30-14-15-9-6-5-7-10-15)18(27)25-22(4)11-8-12-23-19(22)28/h5-7,9-10,16H,8,11-14H2,1-4H3,(H,23,28)(H,24,29)(H,25,27)/t16-,22+/m0/s1. The van der Waals surface area contributed by atoms with Crippen LogP contribution in [0.3, 0.4) is 0 Å². The summed E-state index contributed by atoms with van der Waals surface area (Å²) in [6.45, 7) is 7.24. The SMILES string of the molecule is CC(C)(C)OC(=O)N[C@@H](CC(=O)OCc1ccccc1)C(=O)N[C@]1(C)CCCNC1=O. The third kappa shape index (κ3) is 7.92. The van der Waals surface area contributed by atoms with Gasteiger partial charge < -0.3 is 25.4 Å². The first-order valence-corrected chi connectivity index (χ1v) is 10.3. The highest BCUT2D eigenvalue weighted by Gasteiger charge is 2.39. The van der Waals surface area contributed by atoms with E-state index in [-0.39, 0.29) is 12.5 Å². The smallest absolute Gasteiger partial charge is 0.408 e. The predicted octanol–water partition coefficient (Wildman–Crippen LogP) is 1.80. The van der Waals surface area contributed by atoms with Crippen LogP contribution in [0.5, 0.6) is 0 Å². The van der Waals surface area contributed by atoms with E-state index in [1.54, 1.807) is 39.8 Å². The van der Waals surface area contributed by atoms with Crippen molar-refractivity contribution in [1.82, 2.24) is 16.0 Å². The highest BCUT2D eigenvalue weighted by molar-refractivity contribution is 5.95. The van der Waals surface area contributed by atoms with Gasteiger partial charge in [0.15, 0.2) is 0 Å². The summed E-state index contributed by atoms with van der Waals surface area (Å²) >= 11 is 0. The Kier molecular flexibility index (Phi) is 8.01. The van der Waals surface area contributed by atoms with Gasteiger partial charge in [0.2, 0.25) is 11.8 Å². The van der Waals surface area contributed by atoms with Crippen molar-refractivity contribution in [3.63, 3.8) is 0 Å². The van der Waals surface area contributed by atoms with Crippen LogP contribution < -0.4 is 16.0 Å². The van der Waals surface area contributed by atoms with Gasteiger partial charge in [-0.3, -0.25) is 14.4 Å². The van der Waals surface area contributed by atoms with Gasteiger partial charge in [0.25, 0.3) is 0 Å². The second kappa shape index (κ2) is 10.3. The Morgan fingerprint density at radius 2 is 1.87 bits per heavy atom. The molecule has 170 valence electrons. The maximum absolute atomic E-state index is 12.9. The topological polar surface area (TPSA) is 123 Å². The quantitative estimate of drug-likeness (QED) is 0.564. The van der Waals surface area contributed by atoms with E-state index in [2.05, 4.69) is 16.0 Å². The summed E-state index contributed by atoms with van der Waals surface area (Å²) < 4.78 is 10.4. The van der Waals surface area contributed by atoms with Crippen LogP contribution in [0.15, 0.2) is 30.3 Å². The van der Waals surface area contributed by atoms with Gasteiger partial charge in [0, 0.05) is 6.54 Å². The molecule has 0 bridgehead atoms. The van der Waals surface area contributed by atoms with Crippen LogP contribution in [-0.4, -0.2) is 47.6 Å². The molecule has 0 saturated carbocycles. The highest BCUT2D eigenvalue weighted by Crippen LogP contribution is 2.17. The number of nitrogens with one attached hydrogen (secondary N) is 3. The summed E-state index contributed by atoms with van der Waals surface area (Å²) in [5.41, 5.74) is -1.12. The van der Waals surface area contributed by atoms with Gasteiger partial charge in [-0.15, -0.1) is 0 Å². The molecule has 0 aromatic heterocycles. The number of hydrogen-bond acceptors (Lipinski definition) is 6. The van der Waals surface area contributed by atoms with Gasteiger partial charge in [-0.1, -0.05) is 30.3 Å². The Morgan fingerprint density at radius 1 is 1.19 bits per heavy atom. The first kappa shape index (κ1) is 24.2. The van der Waals surface area contributed by atoms with E-state index in [0.29, 0.717) is 19.4 Å². The van der Waals surface area contributed by atoms with E-state index in [4.69, 9.17) is 9.47 Å². The Labute approximate surface area is 182 Å². The summed E-state index contributed by atoms with van der Waals surface area (Å²) in [5, 5.41) is 7.79. The zero-order chi connectivity index (χ0) is 23.1. The summed E-state index contributed by atoms with van der Waals surface area (Å²) in [6.07, 6.45) is -0.106. The molecular formula is C22H31N3O6. The summed E-state index contributed by atoms with van der Waals surface area (Å²) in [4.78, 5) is 49.7. The molecule has 1 aliphatic rings. The number of benzene rings is 1. The van der Waals surface area contributed by atoms with E-state index in [1.807, 2.05) is 18.2 Å². The first-order valence-electron chi connectivity index (χ1n) is 10.3. The fourth-order valence-electron chi connectivity index (χ4n) is 3.05. The third-order valence-electron chi connectivity index (χ3n) is 4.66. The van der Waals surface area contributed by atoms with Crippen molar-refractivity contribution >= 4 is 23.9 Å². The van der Waals surface area contributed by atoms with E-state index < -0.39 is 41.6 Å². The average Bonchev–Trinajstić information content (AvgIpc) is 2.67. The van der Waals surface area contributed by atoms with Gasteiger partial charge >= 0.3 is 12.1 Å². The number of alkyl carbamates (subject to hydrolysis) is 1. The van der Waals surface area contributed by atoms with Crippen molar-refractivity contribution in [2.24, 2.45) is 0 Å². The maximum Gasteiger partial charge on any atom is 0.408 e. The summed E-state index contributed by atoms with van der Waals surface area (Å²) in [5.74, 6) is -1.64. The molecule has 1 fully saturated rings. The fourth-order valence-corrected chi connectivity index (χ4v) is 3.05. The van der Waals surface area contributed by atoms with Crippen molar-refractivity contribution in [3.05, 3.63) is 35.9 Å². The molecule has 0 aliphatic carbocycles. The largest absolute Gasteiger partial charge is 0.461 e. The number of piperidine rings is 1. The number of hydrogen-bond donors (Lipinski definition) is 3. The number of ether oxygens (including phenoxy) is 2. The molecule has 0 radical (unpaired) electrons. The molecule has 1 aromatic rings. The Balaban J connectivity index is 2.05. The molecular weight excluding hydrogens is 402 g/mol. The van der Waals surface area contributed by atoms with Crippen molar-refractivity contribution in [2.45, 2.75) is 70.7 Å². The summed E-state index contributed by atoms with van der Waals surface area (Å²) in [6, 6.07) is 7.83. The maximum atomic E-state index is 12.9. The molecule has 1 heterocycles. The van der Waals surface area contributed by atoms with Gasteiger partial charge in [0.1, 0.15) is 23.8 Å². The molecule has 1 saturated heterocycles. The molecule has 31 heavy (non-hydrogen) atoms. The van der Waals surface area contributed by atoms with Crippen molar-refractivity contribution in [3.8, 4) is 0 Å². The second-order valence-corrected chi connectivity index (χ2v) is 8.73. The Bertz CT molecular complexity index is 805. The highest BCUT2D eigenvalue weighted by atomic mass is 16.6. The van der Waals surface area contributed by atoms with Crippen molar-refractivity contribution < 1.29 is 28.7 Å². The van der Waals surface area contributed by atoms with Crippen molar-refractivity contribution in [2.75, 3.05) is 6.54 Å². The van der Waals surface area contributed by atoms with E-state index >= 15 is 0 Å². The van der Waals surface area contributed by atoms with Crippen LogP contribution in [0, 0.1) is 0 Å². The first-order chi connectivity index (χ1) is 14.5. The Hall–Kier alpha value is -3.10. The second-order valence-electron chi connectivity index (χ2n) is 8.73. The fraction of sp³-hybridized carbons (Fsp3) is 0.545. The molecule has 2 atom stereocenters. The lowest BCUT2D eigenvalue weighted by molar-refractivity contribution is -0.147. The molecule has 0 spiro atoms. The molecule has 3 amide bonds. The minimum absolute atomic E-state index is 0.0422. The monoisotopic (exact) mass is 433 g/mol. The average molecular weight is 434 g/mol. The lowest BCUT2D eigenvalue weighted by Crippen LogP contribution is -2.63. The van der Waals surface area contributed by atoms with Crippen LogP contribution in [0.2, 0.25) is 0 Å². The van der Waals surface area contributed by atoms with Crippen LogP contribution in [0.25, 0.3) is 0 Å². The number of carbonyl (C=O) groups is 4. The number of rotatable bonds is 7. The molecule has 9 heteroatoms. The van der Waals surface area contributed by atoms with Crippen LogP contribution in [0.4, 0.5) is 4.79 Å². The lowest BCUT2D eigenvalue weighted by Gasteiger charge is -2.34. The van der Waals surface area contributed by atoms with E-state index in [1.165, 1.54) is 0 Å². The zero-order valence-electron chi connectivity index (χ0n) is 18.4. The predicted molar refractivity (Wildman–Crippen MR) is 113 cm³/mol. The van der Waals surface area contributed by atoms with Gasteiger partial charge in [0.05, 0.1) is 6.42 Å². The van der Waals surface area contributed by atoms with Crippen LogP contribution in [-0.2, 0) is 30.5 Å². The minimum atomic E-state index is -1.26. The van der Waals surface area contributed by atoms with Gasteiger partial charge in [-0.2, -0.15) is 0 Å². The van der Waals surface area contributed by atoms with Gasteiger partial charge in [-0.25, -0.2) is 4.79 Å². The molecule has 2 rings (SSSR count). The molecule has 0 unspecified atom stereocenters. The zero-order valence-corrected chi connectivity index (χ0v) is 18.4. The molecule has 3 N–H and O–H groups in total. The third-order valence-corrected chi connectivity index (χ3v) is 4.66. The lowest BCUT2D eigenvalue weighted by atomic mass is 9.91. The molecule has 1 aliphatic heterocycles. The number of amides is 3. The van der Waals surface area contributed by atoms with Crippen molar-refractivity contribution in [1.29, 1.82) is 0 Å². The minimum Gasteiger partial charge on any atom is -0.461 e. The summed E-state index contributed by atoms with van der Waals surface area (Å²) in [7, 11) is 0. The van der Waals surface area contributed by atoms with Crippen LogP contribution >= 0.6 is 0 Å². The molecule has 1 aromatic carbocycles. The van der Waals surface area contributed by atoms with Crippen LogP contribution in [0.1, 0.15) is 52.5 Å². The number of esters is 1.